The van der Waals surface area contributed by atoms with Crippen LogP contribution in [0.5, 0.6) is 0 Å². The average molecular weight is 672 g/mol. The second-order valence-electron chi connectivity index (χ2n) is 11.1. The third-order valence-electron chi connectivity index (χ3n) is 8.62. The number of likely N-dealkylation sites (tertiary alicyclic amines) is 1. The number of alkyl halides is 8. The molecule has 1 amide bonds. The number of methoxy groups -OCH3 is 1. The highest BCUT2D eigenvalue weighted by atomic mass is 35.5. The van der Waals surface area contributed by atoms with Crippen LogP contribution in [0.25, 0.3) is 0 Å². The molecule has 1 saturated heterocycles. The van der Waals surface area contributed by atoms with Crippen molar-refractivity contribution in [3.63, 3.8) is 0 Å². The lowest BCUT2D eigenvalue weighted by molar-refractivity contribution is -0.348. The van der Waals surface area contributed by atoms with Crippen molar-refractivity contribution in [2.45, 2.75) is 65.6 Å². The molecule has 1 atom stereocenters. The number of hydrogen-bond acceptors (Lipinski definition) is 5. The van der Waals surface area contributed by atoms with Crippen molar-refractivity contribution in [1.29, 1.82) is 0 Å². The topological polar surface area (TPSA) is 80.8 Å². The quantitative estimate of drug-likeness (QED) is 0.188. The van der Waals surface area contributed by atoms with Crippen LogP contribution in [0.2, 0.25) is 0 Å². The van der Waals surface area contributed by atoms with Gasteiger partial charge >= 0.3 is 24.0 Å². The van der Waals surface area contributed by atoms with Gasteiger partial charge in [-0.3, -0.25) is 9.59 Å². The first kappa shape index (κ1) is 34.0. The van der Waals surface area contributed by atoms with Gasteiger partial charge in [-0.2, -0.15) is 26.3 Å². The molecule has 242 valence electrons. The van der Waals surface area contributed by atoms with E-state index < -0.39 is 56.6 Å². The third-order valence-corrected chi connectivity index (χ3v) is 11.4. The molecule has 1 unspecified atom stereocenters. The maximum Gasteiger partial charge on any atom is 0.435 e. The Morgan fingerprint density at radius 3 is 2.02 bits per heavy atom. The molecule has 1 heterocycles. The first-order valence-corrected chi connectivity index (χ1v) is 15.6. The third kappa shape index (κ3) is 5.79. The number of carbonyl (C=O) groups is 2. The molecule has 2 fully saturated rings. The number of rotatable bonds is 7. The van der Waals surface area contributed by atoms with Gasteiger partial charge in [-0.25, -0.2) is 12.8 Å². The van der Waals surface area contributed by atoms with Crippen LogP contribution < -0.4 is 0 Å². The van der Waals surface area contributed by atoms with E-state index in [-0.39, 0.29) is 53.3 Å². The van der Waals surface area contributed by atoms with Crippen LogP contribution in [0.15, 0.2) is 53.4 Å². The number of nitrogens with zero attached hydrogens (tertiary/aromatic N) is 1. The SMILES string of the molecule is COC(=O)C1CCC(C(=O)N2CCC(c3ccc(C(F)(C(F)(F)F)C(F)(F)F)cc3)(S(=O)(=O)c3cccc(CCl)c3)C2)CC1. The van der Waals surface area contributed by atoms with E-state index in [1.807, 2.05) is 0 Å². The van der Waals surface area contributed by atoms with E-state index >= 15 is 0 Å². The number of amides is 1. The lowest BCUT2D eigenvalue weighted by atomic mass is 9.81. The van der Waals surface area contributed by atoms with Crippen LogP contribution in [0.3, 0.4) is 0 Å². The van der Waals surface area contributed by atoms with Gasteiger partial charge in [0, 0.05) is 30.5 Å². The zero-order valence-electron chi connectivity index (χ0n) is 23.4. The Morgan fingerprint density at radius 1 is 0.932 bits per heavy atom. The van der Waals surface area contributed by atoms with Crippen LogP contribution >= 0.6 is 11.6 Å². The molecule has 2 aromatic carbocycles. The Hall–Kier alpha value is -2.87. The van der Waals surface area contributed by atoms with Crippen molar-refractivity contribution in [3.05, 3.63) is 65.2 Å². The first-order valence-electron chi connectivity index (χ1n) is 13.6. The standard InChI is InChI=1S/C29H29ClF7NO5S/c1-43-25(40)20-7-5-19(6-8-20)24(39)38-14-13-26(17-38,44(41,42)23-4-2-3-18(15-23)16-30)21-9-11-22(12-10-21)27(31,28(32,33)34)29(35,36)37/h2-4,9-12,15,19-20H,5-8,13-14,16-17H2,1H3. The Morgan fingerprint density at radius 2 is 1.50 bits per heavy atom. The molecular formula is C29H29ClF7NO5S. The molecule has 0 N–H and O–H groups in total. The molecule has 0 bridgehead atoms. The zero-order valence-corrected chi connectivity index (χ0v) is 24.9. The van der Waals surface area contributed by atoms with Crippen LogP contribution in [0.4, 0.5) is 30.7 Å². The smallest absolute Gasteiger partial charge is 0.435 e. The minimum absolute atomic E-state index is 0.0443. The largest absolute Gasteiger partial charge is 0.469 e. The van der Waals surface area contributed by atoms with Gasteiger partial charge in [0.25, 0.3) is 0 Å². The van der Waals surface area contributed by atoms with Crippen molar-refractivity contribution in [2.24, 2.45) is 11.8 Å². The minimum Gasteiger partial charge on any atom is -0.469 e. The number of benzene rings is 2. The van der Waals surface area contributed by atoms with E-state index in [0.717, 1.165) is 12.1 Å². The number of esters is 1. The molecular weight excluding hydrogens is 643 g/mol. The summed E-state index contributed by atoms with van der Waals surface area (Å²) in [6, 6.07) is 7.61. The Kier molecular flexibility index (Phi) is 9.39. The van der Waals surface area contributed by atoms with Gasteiger partial charge in [0.05, 0.1) is 17.9 Å². The number of carbonyl (C=O) groups excluding carboxylic acids is 2. The molecule has 0 aromatic heterocycles. The second kappa shape index (κ2) is 12.1. The maximum absolute atomic E-state index is 14.7. The summed E-state index contributed by atoms with van der Waals surface area (Å²) in [5.74, 6) is -1.71. The molecule has 2 aliphatic rings. The van der Waals surface area contributed by atoms with Crippen LogP contribution in [0.1, 0.15) is 48.8 Å². The summed E-state index contributed by atoms with van der Waals surface area (Å²) >= 11 is 5.89. The van der Waals surface area contributed by atoms with E-state index in [1.165, 1.54) is 30.2 Å². The predicted molar refractivity (Wildman–Crippen MR) is 145 cm³/mol. The Bertz CT molecular complexity index is 1470. The van der Waals surface area contributed by atoms with Crippen molar-refractivity contribution in [1.82, 2.24) is 4.90 Å². The summed E-state index contributed by atoms with van der Waals surface area (Å²) < 4.78 is 126. The lowest BCUT2D eigenvalue weighted by Gasteiger charge is -2.33. The average Bonchev–Trinajstić information content (AvgIpc) is 3.46. The molecule has 1 aliphatic heterocycles. The molecule has 1 saturated carbocycles. The molecule has 4 rings (SSSR count). The fourth-order valence-electron chi connectivity index (χ4n) is 6.09. The van der Waals surface area contributed by atoms with E-state index in [1.54, 1.807) is 6.07 Å². The summed E-state index contributed by atoms with van der Waals surface area (Å²) in [7, 11) is -3.20. The number of halogens is 8. The minimum atomic E-state index is -6.35. The molecule has 0 spiro atoms. The highest BCUT2D eigenvalue weighted by molar-refractivity contribution is 7.92. The fraction of sp³-hybridized carbons (Fsp3) is 0.517. The summed E-state index contributed by atoms with van der Waals surface area (Å²) in [5, 5.41) is 0. The van der Waals surface area contributed by atoms with Gasteiger partial charge < -0.3 is 9.64 Å². The zero-order chi connectivity index (χ0) is 32.7. The number of sulfone groups is 1. The van der Waals surface area contributed by atoms with Gasteiger partial charge in [-0.1, -0.05) is 36.4 Å². The lowest BCUT2D eigenvalue weighted by Crippen LogP contribution is -2.50. The highest BCUT2D eigenvalue weighted by Gasteiger charge is 2.73. The van der Waals surface area contributed by atoms with E-state index in [0.29, 0.717) is 31.2 Å². The van der Waals surface area contributed by atoms with Crippen LogP contribution in [0, 0.1) is 11.8 Å². The van der Waals surface area contributed by atoms with Gasteiger partial charge in [0.2, 0.25) is 5.91 Å². The van der Waals surface area contributed by atoms with Gasteiger partial charge in [-0.05, 0) is 55.4 Å². The van der Waals surface area contributed by atoms with Crippen LogP contribution in [-0.4, -0.2) is 57.7 Å². The molecule has 1 aliphatic carbocycles. The number of ether oxygens (including phenoxy) is 1. The molecule has 0 radical (unpaired) electrons. The first-order chi connectivity index (χ1) is 20.4. The fourth-order valence-corrected chi connectivity index (χ4v) is 8.41. The molecule has 6 nitrogen and oxygen atoms in total. The van der Waals surface area contributed by atoms with Crippen LogP contribution in [-0.2, 0) is 40.5 Å². The van der Waals surface area contributed by atoms with E-state index in [9.17, 15) is 48.7 Å². The maximum atomic E-state index is 14.7. The van der Waals surface area contributed by atoms with Gasteiger partial charge in [-0.15, -0.1) is 11.6 Å². The van der Waals surface area contributed by atoms with Gasteiger partial charge in [0.15, 0.2) is 9.84 Å². The van der Waals surface area contributed by atoms with E-state index in [4.69, 9.17) is 16.3 Å². The summed E-state index contributed by atoms with van der Waals surface area (Å²) in [5.41, 5.74) is -7.22. The molecule has 15 heteroatoms. The predicted octanol–water partition coefficient (Wildman–Crippen LogP) is 6.60. The summed E-state index contributed by atoms with van der Waals surface area (Å²) in [6.45, 7) is -0.529. The van der Waals surface area contributed by atoms with Gasteiger partial charge in [0.1, 0.15) is 4.75 Å². The molecule has 2 aromatic rings. The monoisotopic (exact) mass is 671 g/mol. The number of hydrogen-bond donors (Lipinski definition) is 0. The van der Waals surface area contributed by atoms with Crippen molar-refractivity contribution in [2.75, 3.05) is 20.2 Å². The van der Waals surface area contributed by atoms with Crippen molar-refractivity contribution >= 4 is 33.3 Å². The van der Waals surface area contributed by atoms with E-state index in [2.05, 4.69) is 0 Å². The Labute approximate surface area is 254 Å². The molecule has 44 heavy (non-hydrogen) atoms. The Balaban J connectivity index is 1.74. The summed E-state index contributed by atoms with van der Waals surface area (Å²) in [4.78, 5) is 26.5. The van der Waals surface area contributed by atoms with Crippen molar-refractivity contribution < 1.29 is 53.5 Å². The normalized spacial score (nSPS) is 23.4. The van der Waals surface area contributed by atoms with Crippen molar-refractivity contribution in [3.8, 4) is 0 Å². The highest BCUT2D eigenvalue weighted by Crippen LogP contribution is 2.54. The summed E-state index contributed by atoms with van der Waals surface area (Å²) in [6.07, 6.45) is -11.5. The second-order valence-corrected chi connectivity index (χ2v) is 13.6.